The second-order valence-electron chi connectivity index (χ2n) is 4.58. The first-order valence-electron chi connectivity index (χ1n) is 7.08. The molecule has 0 heterocycles. The maximum absolute atomic E-state index is 11.2. The molecule has 21 heavy (non-hydrogen) atoms. The van der Waals surface area contributed by atoms with E-state index in [1.807, 2.05) is 24.3 Å². The Labute approximate surface area is 130 Å². The Morgan fingerprint density at radius 1 is 1.29 bits per heavy atom. The maximum Gasteiger partial charge on any atom is 0.332 e. The van der Waals surface area contributed by atoms with Crippen molar-refractivity contribution in [1.82, 2.24) is 0 Å². The van der Waals surface area contributed by atoms with E-state index in [1.165, 1.54) is 11.0 Å². The zero-order chi connectivity index (χ0) is 15.5. The Morgan fingerprint density at radius 2 is 2.00 bits per heavy atom. The van der Waals surface area contributed by atoms with E-state index in [0.717, 1.165) is 31.0 Å². The molecular weight excluding hydrogens is 286 g/mol. The van der Waals surface area contributed by atoms with Gasteiger partial charge in [0.25, 0.3) is 0 Å². The Balaban J connectivity index is 2.18. The van der Waals surface area contributed by atoms with Crippen molar-refractivity contribution in [2.24, 2.45) is 5.73 Å². The van der Waals surface area contributed by atoms with Crippen molar-refractivity contribution >= 4 is 17.7 Å². The Hall–Kier alpha value is -1.62. The number of nitrogens with two attached hydrogens (primary N) is 1. The average Bonchev–Trinajstić information content (AvgIpc) is 2.45. The van der Waals surface area contributed by atoms with Crippen LogP contribution in [0.2, 0.25) is 0 Å². The normalized spacial score (nSPS) is 11.2. The first-order valence-corrected chi connectivity index (χ1v) is 8.06. The summed E-state index contributed by atoms with van der Waals surface area (Å²) in [5, 5.41) is 0. The molecule has 0 aliphatic carbocycles. The van der Waals surface area contributed by atoms with Gasteiger partial charge in [0.15, 0.2) is 0 Å². The van der Waals surface area contributed by atoms with Crippen molar-refractivity contribution in [3.8, 4) is 5.75 Å². The predicted molar refractivity (Wildman–Crippen MR) is 86.5 cm³/mol. The molecule has 0 saturated heterocycles. The minimum atomic E-state index is -0.377. The number of hydrogen-bond acceptors (Lipinski definition) is 5. The van der Waals surface area contributed by atoms with Crippen molar-refractivity contribution in [2.75, 3.05) is 19.0 Å². The molecule has 4 nitrogen and oxygen atoms in total. The highest BCUT2D eigenvalue weighted by Crippen LogP contribution is 2.22. The second kappa shape index (κ2) is 10.2. The van der Waals surface area contributed by atoms with Gasteiger partial charge in [0, 0.05) is 22.4 Å². The zero-order valence-corrected chi connectivity index (χ0v) is 13.4. The molecule has 0 aliphatic rings. The predicted octanol–water partition coefficient (Wildman–Crippen LogP) is 3.36. The third kappa shape index (κ3) is 8.30. The average molecular weight is 309 g/mol. The van der Waals surface area contributed by atoms with Crippen molar-refractivity contribution in [3.05, 3.63) is 36.0 Å². The summed E-state index contributed by atoms with van der Waals surface area (Å²) < 4.78 is 10.6. The van der Waals surface area contributed by atoms with E-state index in [9.17, 15) is 4.79 Å². The molecule has 1 aromatic carbocycles. The Bertz CT molecular complexity index is 453. The van der Waals surface area contributed by atoms with E-state index in [4.69, 9.17) is 15.2 Å². The quantitative estimate of drug-likeness (QED) is 0.328. The molecule has 0 atom stereocenters. The zero-order valence-electron chi connectivity index (χ0n) is 12.6. The van der Waals surface area contributed by atoms with E-state index >= 15 is 0 Å². The number of esters is 1. The number of ether oxygens (including phenoxy) is 2. The molecule has 2 N–H and O–H groups in total. The summed E-state index contributed by atoms with van der Waals surface area (Å²) in [6.45, 7) is 4.90. The molecule has 0 spiro atoms. The molecule has 0 amide bonds. The smallest absolute Gasteiger partial charge is 0.332 e. The van der Waals surface area contributed by atoms with Crippen LogP contribution in [0.1, 0.15) is 26.7 Å². The van der Waals surface area contributed by atoms with Gasteiger partial charge in [0.2, 0.25) is 0 Å². The third-order valence-corrected chi connectivity index (χ3v) is 3.54. The van der Waals surface area contributed by atoms with Gasteiger partial charge < -0.3 is 15.2 Å². The van der Waals surface area contributed by atoms with Gasteiger partial charge in [-0.3, -0.25) is 0 Å². The van der Waals surface area contributed by atoms with Gasteiger partial charge in [-0.1, -0.05) is 6.92 Å². The second-order valence-corrected chi connectivity index (χ2v) is 5.75. The van der Waals surface area contributed by atoms with Crippen LogP contribution in [0, 0.1) is 0 Å². The molecule has 0 aromatic heterocycles. The maximum atomic E-state index is 11.2. The highest BCUT2D eigenvalue weighted by Gasteiger charge is 1.99. The summed E-state index contributed by atoms with van der Waals surface area (Å²) in [5.74, 6) is 1.42. The van der Waals surface area contributed by atoms with Gasteiger partial charge in [-0.25, -0.2) is 4.79 Å². The molecule has 0 bridgehead atoms. The van der Waals surface area contributed by atoms with Crippen LogP contribution < -0.4 is 10.5 Å². The van der Waals surface area contributed by atoms with Gasteiger partial charge in [-0.15, -0.1) is 11.8 Å². The molecule has 1 rings (SSSR count). The third-order valence-electron chi connectivity index (χ3n) is 2.44. The minimum absolute atomic E-state index is 0.377. The summed E-state index contributed by atoms with van der Waals surface area (Å²) in [6.07, 6.45) is 3.11. The van der Waals surface area contributed by atoms with Crippen LogP contribution in [0.25, 0.3) is 0 Å². The SMILES string of the molecule is CCCOc1ccc(SCCCOC(=O)/C=C(/C)N)cc1. The lowest BCUT2D eigenvalue weighted by Crippen LogP contribution is -2.06. The molecule has 1 aromatic rings. The van der Waals surface area contributed by atoms with E-state index in [-0.39, 0.29) is 5.97 Å². The molecule has 0 radical (unpaired) electrons. The molecule has 0 aliphatic heterocycles. The number of thioether (sulfide) groups is 1. The number of hydrogen-bond donors (Lipinski definition) is 1. The lowest BCUT2D eigenvalue weighted by atomic mass is 10.3. The lowest BCUT2D eigenvalue weighted by Gasteiger charge is -2.06. The number of benzene rings is 1. The standard InChI is InChI=1S/C16H23NO3S/c1-3-9-19-14-5-7-15(8-6-14)21-11-4-10-20-16(18)12-13(2)17/h5-8,12H,3-4,9-11,17H2,1-2H3/b13-12-. The topological polar surface area (TPSA) is 61.5 Å². The van der Waals surface area contributed by atoms with E-state index in [1.54, 1.807) is 18.7 Å². The first kappa shape index (κ1) is 17.4. The number of rotatable bonds is 9. The minimum Gasteiger partial charge on any atom is -0.494 e. The number of carbonyl (C=O) groups is 1. The monoisotopic (exact) mass is 309 g/mol. The Kier molecular flexibility index (Phi) is 8.43. The molecule has 0 unspecified atom stereocenters. The van der Waals surface area contributed by atoms with Gasteiger partial charge in [-0.05, 0) is 44.0 Å². The number of allylic oxidation sites excluding steroid dienone is 1. The van der Waals surface area contributed by atoms with E-state index < -0.39 is 0 Å². The highest BCUT2D eigenvalue weighted by atomic mass is 32.2. The molecule has 116 valence electrons. The highest BCUT2D eigenvalue weighted by molar-refractivity contribution is 7.99. The lowest BCUT2D eigenvalue weighted by molar-refractivity contribution is -0.137. The van der Waals surface area contributed by atoms with Crippen LogP contribution in [0.15, 0.2) is 40.9 Å². The van der Waals surface area contributed by atoms with Crippen molar-refractivity contribution < 1.29 is 14.3 Å². The van der Waals surface area contributed by atoms with E-state index in [2.05, 4.69) is 6.92 Å². The van der Waals surface area contributed by atoms with Crippen LogP contribution >= 0.6 is 11.8 Å². The van der Waals surface area contributed by atoms with Gasteiger partial charge in [-0.2, -0.15) is 0 Å². The van der Waals surface area contributed by atoms with Crippen molar-refractivity contribution in [3.63, 3.8) is 0 Å². The molecule has 0 saturated carbocycles. The molecule has 5 heteroatoms. The number of carbonyl (C=O) groups excluding carboxylic acids is 1. The van der Waals surface area contributed by atoms with Crippen LogP contribution in [0.3, 0.4) is 0 Å². The van der Waals surface area contributed by atoms with Gasteiger partial charge in [0.1, 0.15) is 5.75 Å². The fourth-order valence-electron chi connectivity index (χ4n) is 1.50. The fraction of sp³-hybridized carbons (Fsp3) is 0.438. The van der Waals surface area contributed by atoms with Crippen molar-refractivity contribution in [2.45, 2.75) is 31.6 Å². The van der Waals surface area contributed by atoms with Gasteiger partial charge in [0.05, 0.1) is 13.2 Å². The summed E-state index contributed by atoms with van der Waals surface area (Å²) in [7, 11) is 0. The summed E-state index contributed by atoms with van der Waals surface area (Å²) >= 11 is 1.73. The molecule has 0 fully saturated rings. The largest absolute Gasteiger partial charge is 0.494 e. The van der Waals surface area contributed by atoms with Gasteiger partial charge >= 0.3 is 5.97 Å². The first-order chi connectivity index (χ1) is 10.1. The molecular formula is C16H23NO3S. The summed E-state index contributed by atoms with van der Waals surface area (Å²) in [6, 6.07) is 8.05. The summed E-state index contributed by atoms with van der Waals surface area (Å²) in [4.78, 5) is 12.4. The Morgan fingerprint density at radius 3 is 2.62 bits per heavy atom. The van der Waals surface area contributed by atoms with Crippen LogP contribution in [-0.4, -0.2) is 24.9 Å². The van der Waals surface area contributed by atoms with Crippen molar-refractivity contribution in [1.29, 1.82) is 0 Å². The fourth-order valence-corrected chi connectivity index (χ4v) is 2.33. The van der Waals surface area contributed by atoms with Crippen LogP contribution in [-0.2, 0) is 9.53 Å². The van der Waals surface area contributed by atoms with Crippen LogP contribution in [0.5, 0.6) is 5.75 Å². The van der Waals surface area contributed by atoms with E-state index in [0.29, 0.717) is 12.3 Å². The van der Waals surface area contributed by atoms with Crippen LogP contribution in [0.4, 0.5) is 0 Å². The summed E-state index contributed by atoms with van der Waals surface area (Å²) in [5.41, 5.74) is 5.85.